The van der Waals surface area contributed by atoms with Gasteiger partial charge in [0.25, 0.3) is 0 Å². The first kappa shape index (κ1) is 12.4. The highest BCUT2D eigenvalue weighted by molar-refractivity contribution is 5.95. The van der Waals surface area contributed by atoms with E-state index in [9.17, 15) is 5.11 Å². The summed E-state index contributed by atoms with van der Waals surface area (Å²) in [5.41, 5.74) is 2.50. The van der Waals surface area contributed by atoms with E-state index in [1.165, 1.54) is 0 Å². The van der Waals surface area contributed by atoms with Gasteiger partial charge in [0.15, 0.2) is 0 Å². The van der Waals surface area contributed by atoms with Gasteiger partial charge in [0.2, 0.25) is 0 Å². The summed E-state index contributed by atoms with van der Waals surface area (Å²) in [6, 6.07) is 10.7. The number of rotatable bonds is 3. The highest BCUT2D eigenvalue weighted by Gasteiger charge is 2.11. The molecule has 0 amide bonds. The predicted octanol–water partition coefficient (Wildman–Crippen LogP) is 3.82. The molecule has 3 rings (SSSR count). The van der Waals surface area contributed by atoms with Crippen LogP contribution in [0.25, 0.3) is 22.1 Å². The second kappa shape index (κ2) is 4.81. The van der Waals surface area contributed by atoms with Gasteiger partial charge in [0, 0.05) is 23.1 Å². The Hall–Kier alpha value is -2.62. The van der Waals surface area contributed by atoms with E-state index in [1.54, 1.807) is 32.6 Å². The van der Waals surface area contributed by atoms with E-state index in [2.05, 4.69) is 0 Å². The minimum absolute atomic E-state index is 0.182. The third-order valence-corrected chi connectivity index (χ3v) is 3.22. The van der Waals surface area contributed by atoms with Gasteiger partial charge in [-0.3, -0.25) is 0 Å². The average molecular weight is 270 g/mol. The largest absolute Gasteiger partial charge is 0.508 e. The molecule has 0 saturated carbocycles. The number of methoxy groups -OCH3 is 2. The van der Waals surface area contributed by atoms with Crippen molar-refractivity contribution < 1.29 is 19.0 Å². The van der Waals surface area contributed by atoms with Crippen LogP contribution in [0, 0.1) is 0 Å². The molecule has 4 heteroatoms. The molecule has 3 aromatic rings. The highest BCUT2D eigenvalue weighted by Crippen LogP contribution is 2.36. The van der Waals surface area contributed by atoms with Crippen LogP contribution in [0.3, 0.4) is 0 Å². The number of furan rings is 1. The molecule has 0 bridgehead atoms. The van der Waals surface area contributed by atoms with Crippen molar-refractivity contribution in [1.29, 1.82) is 0 Å². The summed E-state index contributed by atoms with van der Waals surface area (Å²) < 4.78 is 16.0. The van der Waals surface area contributed by atoms with E-state index in [1.807, 2.05) is 24.3 Å². The van der Waals surface area contributed by atoms with Gasteiger partial charge < -0.3 is 19.0 Å². The smallest absolute Gasteiger partial charge is 0.138 e. The van der Waals surface area contributed by atoms with Crippen LogP contribution in [0.15, 0.2) is 47.1 Å². The Balaban J connectivity index is 2.19. The SMILES string of the molecule is COc1cc(OC)cc(-c2coc3cc(O)ccc23)c1. The fourth-order valence-corrected chi connectivity index (χ4v) is 2.20. The van der Waals surface area contributed by atoms with Crippen molar-refractivity contribution in [2.45, 2.75) is 0 Å². The van der Waals surface area contributed by atoms with Crippen molar-refractivity contribution >= 4 is 11.0 Å². The quantitative estimate of drug-likeness (QED) is 0.786. The molecule has 0 atom stereocenters. The molecule has 20 heavy (non-hydrogen) atoms. The highest BCUT2D eigenvalue weighted by atomic mass is 16.5. The molecule has 1 heterocycles. The fourth-order valence-electron chi connectivity index (χ4n) is 2.20. The van der Waals surface area contributed by atoms with Crippen LogP contribution in [0.4, 0.5) is 0 Å². The molecule has 0 aliphatic rings. The Labute approximate surface area is 116 Å². The van der Waals surface area contributed by atoms with Crippen LogP contribution in [0.5, 0.6) is 17.2 Å². The molecule has 2 aromatic carbocycles. The van der Waals surface area contributed by atoms with Crippen LogP contribution in [-0.4, -0.2) is 19.3 Å². The third-order valence-electron chi connectivity index (χ3n) is 3.22. The van der Waals surface area contributed by atoms with Crippen LogP contribution < -0.4 is 9.47 Å². The first-order valence-electron chi connectivity index (χ1n) is 6.15. The number of aromatic hydroxyl groups is 1. The summed E-state index contributed by atoms with van der Waals surface area (Å²) in [5.74, 6) is 1.61. The van der Waals surface area contributed by atoms with Gasteiger partial charge in [-0.05, 0) is 29.8 Å². The van der Waals surface area contributed by atoms with E-state index >= 15 is 0 Å². The van der Waals surface area contributed by atoms with Gasteiger partial charge in [-0.15, -0.1) is 0 Å². The maximum absolute atomic E-state index is 9.47. The minimum atomic E-state index is 0.182. The van der Waals surface area contributed by atoms with Crippen molar-refractivity contribution in [2.24, 2.45) is 0 Å². The van der Waals surface area contributed by atoms with E-state index in [0.29, 0.717) is 17.1 Å². The second-order valence-corrected chi connectivity index (χ2v) is 4.43. The third kappa shape index (κ3) is 2.05. The lowest BCUT2D eigenvalue weighted by molar-refractivity contribution is 0.394. The van der Waals surface area contributed by atoms with Crippen molar-refractivity contribution in [3.8, 4) is 28.4 Å². The average Bonchev–Trinajstić information content (AvgIpc) is 2.89. The molecule has 1 N–H and O–H groups in total. The zero-order valence-electron chi connectivity index (χ0n) is 11.2. The van der Waals surface area contributed by atoms with Gasteiger partial charge >= 0.3 is 0 Å². The number of ether oxygens (including phenoxy) is 2. The molecule has 1 aromatic heterocycles. The van der Waals surface area contributed by atoms with E-state index in [-0.39, 0.29) is 5.75 Å². The van der Waals surface area contributed by atoms with E-state index < -0.39 is 0 Å². The fraction of sp³-hybridized carbons (Fsp3) is 0.125. The molecule has 0 fully saturated rings. The van der Waals surface area contributed by atoms with Crippen LogP contribution >= 0.6 is 0 Å². The van der Waals surface area contributed by atoms with Crippen LogP contribution in [0.1, 0.15) is 0 Å². The summed E-state index contributed by atoms with van der Waals surface area (Å²) in [4.78, 5) is 0. The molecule has 102 valence electrons. The standard InChI is InChI=1S/C16H14O4/c1-18-12-5-10(6-13(8-12)19-2)15-9-20-16-7-11(17)3-4-14(15)16/h3-9,17H,1-2H3. The summed E-state index contributed by atoms with van der Waals surface area (Å²) in [6.45, 7) is 0. The molecule has 0 unspecified atom stereocenters. The zero-order chi connectivity index (χ0) is 14.1. The maximum Gasteiger partial charge on any atom is 0.138 e. The summed E-state index contributed by atoms with van der Waals surface area (Å²) >= 11 is 0. The summed E-state index contributed by atoms with van der Waals surface area (Å²) in [7, 11) is 3.23. The number of phenolic OH excluding ortho intramolecular Hbond substituents is 1. The number of phenols is 1. The first-order chi connectivity index (χ1) is 9.71. The number of fused-ring (bicyclic) bond motifs is 1. The Bertz CT molecular complexity index is 736. The molecule has 0 aliphatic heterocycles. The second-order valence-electron chi connectivity index (χ2n) is 4.43. The molecule has 0 aliphatic carbocycles. The molecule has 0 spiro atoms. The summed E-state index contributed by atoms with van der Waals surface area (Å²) in [5, 5.41) is 10.4. The molecular weight excluding hydrogens is 256 g/mol. The van der Waals surface area contributed by atoms with Crippen molar-refractivity contribution in [1.82, 2.24) is 0 Å². The van der Waals surface area contributed by atoms with Crippen molar-refractivity contribution in [3.63, 3.8) is 0 Å². The molecule has 4 nitrogen and oxygen atoms in total. The number of hydrogen-bond acceptors (Lipinski definition) is 4. The van der Waals surface area contributed by atoms with Crippen molar-refractivity contribution in [2.75, 3.05) is 14.2 Å². The first-order valence-corrected chi connectivity index (χ1v) is 6.15. The Morgan fingerprint density at radius 3 is 2.30 bits per heavy atom. The van der Waals surface area contributed by atoms with E-state index in [4.69, 9.17) is 13.9 Å². The Morgan fingerprint density at radius 1 is 0.950 bits per heavy atom. The molecule has 0 saturated heterocycles. The lowest BCUT2D eigenvalue weighted by atomic mass is 10.0. The monoisotopic (exact) mass is 270 g/mol. The lowest BCUT2D eigenvalue weighted by Crippen LogP contribution is -1.88. The maximum atomic E-state index is 9.47. The number of hydrogen-bond donors (Lipinski definition) is 1. The van der Waals surface area contributed by atoms with Gasteiger partial charge in [0.05, 0.1) is 20.5 Å². The topological polar surface area (TPSA) is 51.8 Å². The zero-order valence-corrected chi connectivity index (χ0v) is 11.2. The van der Waals surface area contributed by atoms with Gasteiger partial charge in [-0.1, -0.05) is 0 Å². The Morgan fingerprint density at radius 2 is 1.65 bits per heavy atom. The lowest BCUT2D eigenvalue weighted by Gasteiger charge is -2.07. The van der Waals surface area contributed by atoms with E-state index in [0.717, 1.165) is 16.5 Å². The summed E-state index contributed by atoms with van der Waals surface area (Å²) in [6.07, 6.45) is 1.66. The van der Waals surface area contributed by atoms with Crippen LogP contribution in [0.2, 0.25) is 0 Å². The number of benzene rings is 2. The van der Waals surface area contributed by atoms with Gasteiger partial charge in [0.1, 0.15) is 22.8 Å². The van der Waals surface area contributed by atoms with Crippen molar-refractivity contribution in [3.05, 3.63) is 42.7 Å². The molecular formula is C16H14O4. The predicted molar refractivity (Wildman–Crippen MR) is 76.4 cm³/mol. The normalized spacial score (nSPS) is 10.7. The minimum Gasteiger partial charge on any atom is -0.508 e. The Kier molecular flexibility index (Phi) is 2.99. The molecule has 0 radical (unpaired) electrons. The van der Waals surface area contributed by atoms with Gasteiger partial charge in [-0.25, -0.2) is 0 Å². The van der Waals surface area contributed by atoms with Crippen LogP contribution in [-0.2, 0) is 0 Å². The van der Waals surface area contributed by atoms with Gasteiger partial charge in [-0.2, -0.15) is 0 Å².